The molecule has 1 atom stereocenters. The molecule has 154 valence electrons. The Bertz CT molecular complexity index is 974. The van der Waals surface area contributed by atoms with Gasteiger partial charge in [-0.1, -0.05) is 0 Å². The molecule has 2 aliphatic rings. The van der Waals surface area contributed by atoms with Gasteiger partial charge in [0.15, 0.2) is 0 Å². The number of pyridine rings is 1. The molecule has 1 aromatic carbocycles. The normalized spacial score (nSPS) is 19.1. The second-order valence-corrected chi connectivity index (χ2v) is 7.35. The molecule has 1 aliphatic heterocycles. The summed E-state index contributed by atoms with van der Waals surface area (Å²) in [6, 6.07) is 2.15. The molecule has 0 radical (unpaired) electrons. The Morgan fingerprint density at radius 2 is 2.04 bits per heavy atom. The van der Waals surface area contributed by atoms with Crippen molar-refractivity contribution >= 4 is 35.0 Å². The number of fused-ring (bicyclic) bond motifs is 1. The van der Waals surface area contributed by atoms with Crippen LogP contribution in [0.3, 0.4) is 0 Å². The number of benzene rings is 1. The maximum atomic E-state index is 15.1. The summed E-state index contributed by atoms with van der Waals surface area (Å²) >= 11 is 0. The number of rotatable bonds is 3. The topological polar surface area (TPSA) is 106 Å². The second kappa shape index (κ2) is 8.06. The highest BCUT2D eigenvalue weighted by molar-refractivity contribution is 5.95. The summed E-state index contributed by atoms with van der Waals surface area (Å²) in [5, 5.41) is 12.9. The summed E-state index contributed by atoms with van der Waals surface area (Å²) in [6.07, 6.45) is 3.30. The molecule has 0 bridgehead atoms. The van der Waals surface area contributed by atoms with Gasteiger partial charge in [-0.15, -0.1) is 12.4 Å². The van der Waals surface area contributed by atoms with Gasteiger partial charge in [0.2, 0.25) is 5.43 Å². The lowest BCUT2D eigenvalue weighted by Gasteiger charge is -2.34. The first-order valence-corrected chi connectivity index (χ1v) is 8.98. The standard InChI is InChI=1S/C19H22FN3O3.ClH.H2O/c1-10-8-22(6-5-21-10)15-7-14-16(11(2)17(15)20)18(24)13(19(25)26)9-23(14)12-3-4-12;;/h7,9-10,12,21H,3-6,8H2,1-2H3,(H,25,26);1H;1H2. The maximum Gasteiger partial charge on any atom is 0.341 e. The first-order chi connectivity index (χ1) is 12.4. The summed E-state index contributed by atoms with van der Waals surface area (Å²) in [5.41, 5.74) is 0.436. The Morgan fingerprint density at radius 3 is 2.61 bits per heavy atom. The molecule has 2 fully saturated rings. The quantitative estimate of drug-likeness (QED) is 0.799. The van der Waals surface area contributed by atoms with Gasteiger partial charge in [0.05, 0.1) is 16.6 Å². The fraction of sp³-hybridized carbons (Fsp3) is 0.474. The zero-order valence-electron chi connectivity index (χ0n) is 15.8. The van der Waals surface area contributed by atoms with Crippen molar-refractivity contribution in [2.24, 2.45) is 0 Å². The average molecular weight is 414 g/mol. The van der Waals surface area contributed by atoms with E-state index in [4.69, 9.17) is 0 Å². The molecule has 0 spiro atoms. The van der Waals surface area contributed by atoms with E-state index in [0.29, 0.717) is 24.3 Å². The van der Waals surface area contributed by atoms with Crippen LogP contribution in [0.2, 0.25) is 0 Å². The minimum atomic E-state index is -1.27. The third-order valence-corrected chi connectivity index (χ3v) is 5.36. The molecule has 4 rings (SSSR count). The molecule has 1 unspecified atom stereocenters. The number of halogens is 2. The Labute approximate surface area is 167 Å². The van der Waals surface area contributed by atoms with Gasteiger partial charge < -0.3 is 25.4 Å². The summed E-state index contributed by atoms with van der Waals surface area (Å²) in [5.74, 6) is -1.71. The van der Waals surface area contributed by atoms with Crippen LogP contribution in [-0.4, -0.2) is 46.8 Å². The lowest BCUT2D eigenvalue weighted by molar-refractivity contribution is 0.0695. The van der Waals surface area contributed by atoms with Crippen LogP contribution in [0.25, 0.3) is 10.9 Å². The number of aryl methyl sites for hydroxylation is 1. The van der Waals surface area contributed by atoms with Gasteiger partial charge in [-0.05, 0) is 32.8 Å². The summed E-state index contributed by atoms with van der Waals surface area (Å²) < 4.78 is 17.0. The monoisotopic (exact) mass is 413 g/mol. The van der Waals surface area contributed by atoms with Crippen molar-refractivity contribution in [3.63, 3.8) is 0 Å². The maximum absolute atomic E-state index is 15.1. The fourth-order valence-corrected chi connectivity index (χ4v) is 3.84. The van der Waals surface area contributed by atoms with Crippen molar-refractivity contribution in [1.29, 1.82) is 0 Å². The van der Waals surface area contributed by atoms with Crippen LogP contribution in [0.4, 0.5) is 10.1 Å². The molecule has 1 saturated carbocycles. The van der Waals surface area contributed by atoms with E-state index in [-0.39, 0.29) is 46.5 Å². The molecule has 2 heterocycles. The predicted octanol–water partition coefficient (Wildman–Crippen LogP) is 1.88. The molecule has 1 aromatic heterocycles. The molecule has 28 heavy (non-hydrogen) atoms. The van der Waals surface area contributed by atoms with Crippen LogP contribution < -0.4 is 15.6 Å². The summed E-state index contributed by atoms with van der Waals surface area (Å²) in [7, 11) is 0. The Morgan fingerprint density at radius 1 is 1.36 bits per heavy atom. The largest absolute Gasteiger partial charge is 0.477 e. The third-order valence-electron chi connectivity index (χ3n) is 5.36. The number of piperazine rings is 1. The third kappa shape index (κ3) is 3.59. The Hall–Kier alpha value is -2.16. The number of hydrogen-bond acceptors (Lipinski definition) is 4. The molecule has 7 nitrogen and oxygen atoms in total. The highest BCUT2D eigenvalue weighted by Gasteiger charge is 2.29. The predicted molar refractivity (Wildman–Crippen MR) is 109 cm³/mol. The zero-order chi connectivity index (χ0) is 18.6. The van der Waals surface area contributed by atoms with E-state index >= 15 is 4.39 Å². The van der Waals surface area contributed by atoms with Gasteiger partial charge in [-0.2, -0.15) is 0 Å². The number of hydrogen-bond donors (Lipinski definition) is 2. The van der Waals surface area contributed by atoms with E-state index in [9.17, 15) is 14.7 Å². The van der Waals surface area contributed by atoms with Crippen molar-refractivity contribution in [2.45, 2.75) is 38.8 Å². The minimum Gasteiger partial charge on any atom is -0.477 e. The number of nitrogens with zero attached hydrogens (tertiary/aromatic N) is 2. The van der Waals surface area contributed by atoms with E-state index in [1.807, 2.05) is 9.47 Å². The van der Waals surface area contributed by atoms with Crippen LogP contribution in [-0.2, 0) is 0 Å². The van der Waals surface area contributed by atoms with Crippen molar-refractivity contribution < 1.29 is 19.8 Å². The molecule has 9 heteroatoms. The fourth-order valence-electron chi connectivity index (χ4n) is 3.84. The molecule has 0 amide bonds. The summed E-state index contributed by atoms with van der Waals surface area (Å²) in [6.45, 7) is 5.76. The van der Waals surface area contributed by atoms with E-state index in [0.717, 1.165) is 19.4 Å². The van der Waals surface area contributed by atoms with Crippen LogP contribution in [0.5, 0.6) is 0 Å². The minimum absolute atomic E-state index is 0. The Balaban J connectivity index is 0.00000140. The number of carboxylic acid groups (broad SMARTS) is 1. The van der Waals surface area contributed by atoms with Crippen LogP contribution in [0.1, 0.15) is 41.7 Å². The van der Waals surface area contributed by atoms with E-state index in [1.54, 1.807) is 13.0 Å². The number of carboxylic acids is 1. The molecule has 2 aromatic rings. The smallest absolute Gasteiger partial charge is 0.341 e. The van der Waals surface area contributed by atoms with Crippen molar-refractivity contribution in [1.82, 2.24) is 9.88 Å². The van der Waals surface area contributed by atoms with Crippen molar-refractivity contribution in [3.05, 3.63) is 39.4 Å². The molecular formula is C19H25ClFN3O4. The van der Waals surface area contributed by atoms with Crippen LogP contribution in [0.15, 0.2) is 17.1 Å². The van der Waals surface area contributed by atoms with Crippen LogP contribution >= 0.6 is 12.4 Å². The van der Waals surface area contributed by atoms with E-state index in [1.165, 1.54) is 6.20 Å². The molecule has 4 N–H and O–H groups in total. The highest BCUT2D eigenvalue weighted by atomic mass is 35.5. The Kier molecular flexibility index (Phi) is 6.37. The van der Waals surface area contributed by atoms with E-state index in [2.05, 4.69) is 12.2 Å². The molecular weight excluding hydrogens is 389 g/mol. The number of aromatic nitrogens is 1. The number of nitrogens with one attached hydrogen (secondary N) is 1. The van der Waals surface area contributed by atoms with Gasteiger partial charge >= 0.3 is 5.97 Å². The lowest BCUT2D eigenvalue weighted by Crippen LogP contribution is -2.49. The van der Waals surface area contributed by atoms with Gasteiger partial charge in [0.1, 0.15) is 11.4 Å². The van der Waals surface area contributed by atoms with E-state index < -0.39 is 17.2 Å². The molecule has 1 saturated heterocycles. The first kappa shape index (κ1) is 22.1. The number of aromatic carboxylic acids is 1. The average Bonchev–Trinajstić information content (AvgIpc) is 3.42. The molecule has 1 aliphatic carbocycles. The lowest BCUT2D eigenvalue weighted by atomic mass is 10.0. The van der Waals surface area contributed by atoms with Gasteiger partial charge in [-0.3, -0.25) is 4.79 Å². The van der Waals surface area contributed by atoms with Gasteiger partial charge in [0, 0.05) is 43.5 Å². The second-order valence-electron chi connectivity index (χ2n) is 7.35. The highest BCUT2D eigenvalue weighted by Crippen LogP contribution is 2.39. The SMILES string of the molecule is Cc1c(F)c(N2CCNC(C)C2)cc2c1c(=O)c(C(=O)O)cn2C1CC1.Cl.O. The van der Waals surface area contributed by atoms with Gasteiger partial charge in [-0.25, -0.2) is 9.18 Å². The summed E-state index contributed by atoms with van der Waals surface area (Å²) in [4.78, 5) is 26.2. The number of carbonyl (C=O) groups is 1. The van der Waals surface area contributed by atoms with Crippen molar-refractivity contribution in [2.75, 3.05) is 24.5 Å². The zero-order valence-corrected chi connectivity index (χ0v) is 16.6. The van der Waals surface area contributed by atoms with Crippen LogP contribution in [0, 0.1) is 12.7 Å². The number of anilines is 1. The first-order valence-electron chi connectivity index (χ1n) is 8.98. The van der Waals surface area contributed by atoms with Crippen molar-refractivity contribution in [3.8, 4) is 0 Å². The van der Waals surface area contributed by atoms with Gasteiger partial charge in [0.25, 0.3) is 0 Å².